The summed E-state index contributed by atoms with van der Waals surface area (Å²) in [4.78, 5) is 42.9. The van der Waals surface area contributed by atoms with E-state index in [-0.39, 0.29) is 36.4 Å². The first-order chi connectivity index (χ1) is 17.0. The van der Waals surface area contributed by atoms with Crippen LogP contribution in [-0.4, -0.2) is 83.5 Å². The van der Waals surface area contributed by atoms with Crippen LogP contribution in [0.25, 0.3) is 11.4 Å². The van der Waals surface area contributed by atoms with Crippen molar-refractivity contribution in [3.8, 4) is 22.9 Å². The number of nitrogens with zero attached hydrogens (tertiary/aromatic N) is 4. The minimum absolute atomic E-state index is 0.101. The van der Waals surface area contributed by atoms with E-state index in [9.17, 15) is 14.4 Å². The van der Waals surface area contributed by atoms with Crippen LogP contribution in [0.1, 0.15) is 25.5 Å². The van der Waals surface area contributed by atoms with Gasteiger partial charge in [0.2, 0.25) is 5.91 Å². The maximum Gasteiger partial charge on any atom is 0.409 e. The highest BCUT2D eigenvalue weighted by Gasteiger charge is 2.25. The molecule has 0 spiro atoms. The minimum atomic E-state index is -0.403. The Labute approximate surface area is 203 Å². The number of rotatable bonds is 10. The zero-order chi connectivity index (χ0) is 25.2. The van der Waals surface area contributed by atoms with Crippen molar-refractivity contribution in [2.24, 2.45) is 0 Å². The number of carbonyl (C=O) groups is 2. The number of aromatic nitrogens is 3. The molecule has 35 heavy (non-hydrogen) atoms. The predicted octanol–water partition coefficient (Wildman–Crippen LogP) is 2.03. The average molecular weight is 486 g/mol. The Morgan fingerprint density at radius 2 is 1.89 bits per heavy atom. The van der Waals surface area contributed by atoms with Gasteiger partial charge >= 0.3 is 6.09 Å². The molecule has 11 heteroatoms. The third-order valence-electron chi connectivity index (χ3n) is 5.52. The number of piperazine rings is 1. The van der Waals surface area contributed by atoms with E-state index in [0.29, 0.717) is 62.9 Å². The third kappa shape index (κ3) is 6.81. The van der Waals surface area contributed by atoms with Crippen LogP contribution in [-0.2, 0) is 16.0 Å². The lowest BCUT2D eigenvalue weighted by molar-refractivity contribution is -0.132. The number of nitrogens with one attached hydrogen (secondary N) is 1. The number of carbonyl (C=O) groups excluding carboxylic acids is 2. The molecule has 11 nitrogen and oxygen atoms in total. The van der Waals surface area contributed by atoms with Gasteiger partial charge in [0.25, 0.3) is 5.56 Å². The van der Waals surface area contributed by atoms with Gasteiger partial charge in [0, 0.05) is 44.6 Å². The van der Waals surface area contributed by atoms with Crippen molar-refractivity contribution in [2.45, 2.75) is 26.2 Å². The molecule has 1 aromatic heterocycles. The molecule has 0 bridgehead atoms. The summed E-state index contributed by atoms with van der Waals surface area (Å²) < 4.78 is 16.0. The summed E-state index contributed by atoms with van der Waals surface area (Å²) in [6.45, 7) is 7.90. The number of ether oxygens (including phenoxy) is 3. The quantitative estimate of drug-likeness (QED) is 0.400. The second-order valence-electron chi connectivity index (χ2n) is 7.81. The van der Waals surface area contributed by atoms with Crippen molar-refractivity contribution >= 4 is 12.0 Å². The number of hydrogen-bond donors (Lipinski definition) is 1. The van der Waals surface area contributed by atoms with Crippen molar-refractivity contribution < 1.29 is 23.8 Å². The Morgan fingerprint density at radius 3 is 2.54 bits per heavy atom. The number of methoxy groups -OCH3 is 1. The van der Waals surface area contributed by atoms with Gasteiger partial charge in [0.05, 0.1) is 20.3 Å². The summed E-state index contributed by atoms with van der Waals surface area (Å²) in [6.07, 6.45) is 2.40. The first-order valence-corrected chi connectivity index (χ1v) is 11.5. The molecular formula is C24H31N5O6. The highest BCUT2D eigenvalue weighted by atomic mass is 16.6. The number of H-pyrrole nitrogens is 1. The van der Waals surface area contributed by atoms with Gasteiger partial charge in [-0.2, -0.15) is 0 Å². The zero-order valence-electron chi connectivity index (χ0n) is 20.1. The van der Waals surface area contributed by atoms with E-state index in [1.54, 1.807) is 41.0 Å². The van der Waals surface area contributed by atoms with E-state index in [1.165, 1.54) is 7.11 Å². The topological polar surface area (TPSA) is 127 Å². The molecule has 1 aliphatic rings. The van der Waals surface area contributed by atoms with Crippen LogP contribution in [0.5, 0.6) is 11.5 Å². The van der Waals surface area contributed by atoms with Crippen LogP contribution in [0, 0.1) is 0 Å². The van der Waals surface area contributed by atoms with E-state index in [0.717, 1.165) is 0 Å². The number of aryl methyl sites for hydroxylation is 1. The lowest BCUT2D eigenvalue weighted by Gasteiger charge is -2.34. The van der Waals surface area contributed by atoms with Gasteiger partial charge in [-0.05, 0) is 31.5 Å². The van der Waals surface area contributed by atoms with Crippen LogP contribution >= 0.6 is 0 Å². The molecule has 0 aliphatic carbocycles. The van der Waals surface area contributed by atoms with E-state index >= 15 is 0 Å². The van der Waals surface area contributed by atoms with Crippen LogP contribution in [0.3, 0.4) is 0 Å². The van der Waals surface area contributed by atoms with Crippen LogP contribution in [0.2, 0.25) is 0 Å². The fourth-order valence-electron chi connectivity index (χ4n) is 3.58. The van der Waals surface area contributed by atoms with Gasteiger partial charge in [0.1, 0.15) is 5.69 Å². The SMILES string of the molecule is C=CCCOc1ccc(-c2nnc(CCC(=O)N3CCN(C(=O)OCC)CC3)c(=O)[nH]2)cc1OC. The summed E-state index contributed by atoms with van der Waals surface area (Å²) in [5, 5.41) is 8.18. The lowest BCUT2D eigenvalue weighted by atomic mass is 10.2. The Hall–Kier alpha value is -3.89. The Morgan fingerprint density at radius 1 is 1.14 bits per heavy atom. The number of amides is 2. The molecule has 0 atom stereocenters. The number of hydrogen-bond acceptors (Lipinski definition) is 8. The molecule has 0 saturated carbocycles. The van der Waals surface area contributed by atoms with Gasteiger partial charge in [-0.15, -0.1) is 16.8 Å². The van der Waals surface area contributed by atoms with Crippen molar-refractivity contribution in [1.29, 1.82) is 0 Å². The summed E-state index contributed by atoms with van der Waals surface area (Å²) >= 11 is 0. The molecule has 3 rings (SSSR count). The maximum atomic E-state index is 12.6. The largest absolute Gasteiger partial charge is 0.493 e. The molecule has 1 fully saturated rings. The Bertz CT molecular complexity index is 1090. The zero-order valence-corrected chi connectivity index (χ0v) is 20.1. The number of aromatic amines is 1. The highest BCUT2D eigenvalue weighted by molar-refractivity contribution is 5.77. The smallest absolute Gasteiger partial charge is 0.409 e. The first kappa shape index (κ1) is 25.7. The maximum absolute atomic E-state index is 12.6. The highest BCUT2D eigenvalue weighted by Crippen LogP contribution is 2.31. The molecule has 1 N–H and O–H groups in total. The second kappa shape index (κ2) is 12.5. The predicted molar refractivity (Wildman–Crippen MR) is 128 cm³/mol. The minimum Gasteiger partial charge on any atom is -0.493 e. The standard InChI is InChI=1S/C24H31N5O6/c1-4-6-15-35-19-9-7-17(16-20(19)33-3)22-25-23(31)18(26-27-22)8-10-21(30)28-11-13-29(14-12-28)24(32)34-5-2/h4,7,9,16H,1,5-6,8,10-15H2,2-3H3,(H,25,27,31). The van der Waals surface area contributed by atoms with Crippen LogP contribution in [0.4, 0.5) is 4.79 Å². The summed E-state index contributed by atoms with van der Waals surface area (Å²) in [6, 6.07) is 5.21. The fraction of sp³-hybridized carbons (Fsp3) is 0.458. The van der Waals surface area contributed by atoms with E-state index < -0.39 is 5.56 Å². The fourth-order valence-corrected chi connectivity index (χ4v) is 3.58. The molecule has 2 heterocycles. The molecule has 0 radical (unpaired) electrons. The van der Waals surface area contributed by atoms with Gasteiger partial charge in [-0.3, -0.25) is 9.59 Å². The van der Waals surface area contributed by atoms with Gasteiger partial charge in [0.15, 0.2) is 17.3 Å². The molecule has 188 valence electrons. The van der Waals surface area contributed by atoms with Gasteiger partial charge in [-0.1, -0.05) is 6.08 Å². The Kier molecular flexibility index (Phi) is 9.22. The third-order valence-corrected chi connectivity index (χ3v) is 5.52. The normalized spacial score (nSPS) is 13.3. The molecule has 0 unspecified atom stereocenters. The van der Waals surface area contributed by atoms with Gasteiger partial charge < -0.3 is 29.0 Å². The monoisotopic (exact) mass is 485 g/mol. The molecule has 1 saturated heterocycles. The average Bonchev–Trinajstić information content (AvgIpc) is 2.88. The van der Waals surface area contributed by atoms with E-state index in [2.05, 4.69) is 21.8 Å². The molecule has 2 amide bonds. The van der Waals surface area contributed by atoms with Crippen LogP contribution in [0.15, 0.2) is 35.6 Å². The number of benzene rings is 1. The summed E-state index contributed by atoms with van der Waals surface area (Å²) in [7, 11) is 1.53. The lowest BCUT2D eigenvalue weighted by Crippen LogP contribution is -2.50. The van der Waals surface area contributed by atoms with Crippen LogP contribution < -0.4 is 15.0 Å². The van der Waals surface area contributed by atoms with Crippen molar-refractivity contribution in [3.63, 3.8) is 0 Å². The molecule has 1 aliphatic heterocycles. The van der Waals surface area contributed by atoms with Crippen molar-refractivity contribution in [3.05, 3.63) is 46.9 Å². The molecule has 2 aromatic rings. The van der Waals surface area contributed by atoms with Gasteiger partial charge in [-0.25, -0.2) is 4.79 Å². The van der Waals surface area contributed by atoms with E-state index in [1.807, 2.05) is 0 Å². The van der Waals surface area contributed by atoms with Crippen molar-refractivity contribution in [2.75, 3.05) is 46.5 Å². The Balaban J connectivity index is 1.58. The summed E-state index contributed by atoms with van der Waals surface area (Å²) in [5.74, 6) is 1.27. The molecular weight excluding hydrogens is 454 g/mol. The van der Waals surface area contributed by atoms with E-state index in [4.69, 9.17) is 14.2 Å². The molecule has 1 aromatic carbocycles. The summed E-state index contributed by atoms with van der Waals surface area (Å²) in [5.41, 5.74) is 0.397. The van der Waals surface area contributed by atoms with Crippen molar-refractivity contribution in [1.82, 2.24) is 25.0 Å². The first-order valence-electron chi connectivity index (χ1n) is 11.5. The second-order valence-corrected chi connectivity index (χ2v) is 7.81.